The summed E-state index contributed by atoms with van der Waals surface area (Å²) in [6, 6.07) is 15.0. The number of nitrogens with zero attached hydrogens (tertiary/aromatic N) is 2. The maximum atomic E-state index is 12.9. The minimum Gasteiger partial charge on any atom is -0.392 e. The van der Waals surface area contributed by atoms with Gasteiger partial charge in [-0.15, -0.1) is 0 Å². The van der Waals surface area contributed by atoms with Gasteiger partial charge < -0.3 is 10.4 Å². The predicted octanol–water partition coefficient (Wildman–Crippen LogP) is 2.09. The van der Waals surface area contributed by atoms with Gasteiger partial charge in [-0.3, -0.25) is 4.79 Å². The first-order valence-electron chi connectivity index (χ1n) is 8.95. The number of carbonyl (C=O) groups is 1. The molecule has 0 spiro atoms. The van der Waals surface area contributed by atoms with Crippen molar-refractivity contribution in [2.24, 2.45) is 5.92 Å². The third-order valence-corrected chi connectivity index (χ3v) is 6.78. The van der Waals surface area contributed by atoms with Crippen molar-refractivity contribution in [3.8, 4) is 6.07 Å². The Morgan fingerprint density at radius 1 is 1.18 bits per heavy atom. The van der Waals surface area contributed by atoms with Crippen LogP contribution in [0.2, 0.25) is 0 Å². The van der Waals surface area contributed by atoms with Crippen molar-refractivity contribution in [2.75, 3.05) is 18.4 Å². The van der Waals surface area contributed by atoms with Crippen molar-refractivity contribution in [3.05, 3.63) is 59.7 Å². The second-order valence-corrected chi connectivity index (χ2v) is 8.54. The molecule has 1 aliphatic heterocycles. The molecule has 1 saturated heterocycles. The van der Waals surface area contributed by atoms with E-state index in [1.807, 2.05) is 6.07 Å². The van der Waals surface area contributed by atoms with Crippen LogP contribution in [0.5, 0.6) is 0 Å². The van der Waals surface area contributed by atoms with Crippen molar-refractivity contribution >= 4 is 21.6 Å². The molecule has 0 aromatic heterocycles. The summed E-state index contributed by atoms with van der Waals surface area (Å²) in [5.41, 5.74) is 1.43. The van der Waals surface area contributed by atoms with Gasteiger partial charge in [0.05, 0.1) is 17.1 Å². The topological polar surface area (TPSA) is 111 Å². The summed E-state index contributed by atoms with van der Waals surface area (Å²) in [5, 5.41) is 21.2. The Bertz CT molecular complexity index is 1010. The Labute approximate surface area is 164 Å². The molecule has 1 amide bonds. The van der Waals surface area contributed by atoms with Crippen LogP contribution in [-0.4, -0.2) is 36.8 Å². The van der Waals surface area contributed by atoms with Crippen LogP contribution in [-0.2, 0) is 21.4 Å². The van der Waals surface area contributed by atoms with Crippen molar-refractivity contribution in [3.63, 3.8) is 0 Å². The number of rotatable bonds is 5. The van der Waals surface area contributed by atoms with Gasteiger partial charge >= 0.3 is 0 Å². The molecule has 3 rings (SSSR count). The third kappa shape index (κ3) is 4.22. The van der Waals surface area contributed by atoms with Crippen LogP contribution >= 0.6 is 0 Å². The first kappa shape index (κ1) is 20.0. The van der Waals surface area contributed by atoms with E-state index >= 15 is 0 Å². The number of aliphatic hydroxyl groups is 1. The highest BCUT2D eigenvalue weighted by molar-refractivity contribution is 7.89. The second kappa shape index (κ2) is 8.52. The summed E-state index contributed by atoms with van der Waals surface area (Å²) >= 11 is 0. The Morgan fingerprint density at radius 3 is 2.57 bits per heavy atom. The quantitative estimate of drug-likeness (QED) is 0.800. The molecule has 1 fully saturated rings. The number of benzene rings is 2. The highest BCUT2D eigenvalue weighted by Gasteiger charge is 2.33. The fourth-order valence-electron chi connectivity index (χ4n) is 3.27. The average Bonchev–Trinajstić information content (AvgIpc) is 2.73. The first-order chi connectivity index (χ1) is 13.5. The molecular formula is C20H21N3O4S. The molecule has 28 heavy (non-hydrogen) atoms. The molecule has 1 aliphatic rings. The lowest BCUT2D eigenvalue weighted by molar-refractivity contribution is -0.120. The standard InChI is InChI=1S/C20H21N3O4S/c21-13-17-5-1-2-7-19(17)28(26,27)23-10-8-16(9-11-23)20(25)22-18-6-3-4-15(12-18)14-24/h1-7,12,16,24H,8-11,14H2,(H,22,25). The van der Waals surface area contributed by atoms with E-state index in [1.165, 1.54) is 16.4 Å². The number of aliphatic hydroxyl groups excluding tert-OH is 1. The van der Waals surface area contributed by atoms with Gasteiger partial charge in [0.25, 0.3) is 0 Å². The number of anilines is 1. The van der Waals surface area contributed by atoms with Crippen LogP contribution in [0.1, 0.15) is 24.0 Å². The fraction of sp³-hybridized carbons (Fsp3) is 0.300. The molecule has 2 aromatic rings. The van der Waals surface area contributed by atoms with Gasteiger partial charge in [0, 0.05) is 24.7 Å². The number of carbonyl (C=O) groups excluding carboxylic acids is 1. The van der Waals surface area contributed by atoms with Crippen LogP contribution in [0.4, 0.5) is 5.69 Å². The molecule has 0 atom stereocenters. The SMILES string of the molecule is N#Cc1ccccc1S(=O)(=O)N1CCC(C(=O)Nc2cccc(CO)c2)CC1. The summed E-state index contributed by atoms with van der Waals surface area (Å²) in [4.78, 5) is 12.5. The van der Waals surface area contributed by atoms with Gasteiger partial charge in [0.1, 0.15) is 6.07 Å². The minimum absolute atomic E-state index is 0.00113. The maximum Gasteiger partial charge on any atom is 0.244 e. The lowest BCUT2D eigenvalue weighted by atomic mass is 9.97. The zero-order chi connectivity index (χ0) is 20.1. The van der Waals surface area contributed by atoms with Crippen molar-refractivity contribution < 1.29 is 18.3 Å². The molecule has 2 N–H and O–H groups in total. The zero-order valence-electron chi connectivity index (χ0n) is 15.2. The van der Waals surface area contributed by atoms with Crippen molar-refractivity contribution in [1.82, 2.24) is 4.31 Å². The monoisotopic (exact) mass is 399 g/mol. The molecule has 7 nitrogen and oxygen atoms in total. The van der Waals surface area contributed by atoms with Gasteiger partial charge in [0.15, 0.2) is 0 Å². The number of hydrogen-bond acceptors (Lipinski definition) is 5. The van der Waals surface area contributed by atoms with Crippen molar-refractivity contribution in [1.29, 1.82) is 5.26 Å². The smallest absolute Gasteiger partial charge is 0.244 e. The van der Waals surface area contributed by atoms with E-state index in [1.54, 1.807) is 36.4 Å². The van der Waals surface area contributed by atoms with E-state index in [4.69, 9.17) is 0 Å². The number of amides is 1. The summed E-state index contributed by atoms with van der Waals surface area (Å²) in [5.74, 6) is -0.458. The molecule has 0 unspecified atom stereocenters. The number of nitriles is 1. The van der Waals surface area contributed by atoms with Gasteiger partial charge in [-0.25, -0.2) is 8.42 Å². The first-order valence-corrected chi connectivity index (χ1v) is 10.4. The van der Waals surface area contributed by atoms with E-state index in [2.05, 4.69) is 5.32 Å². The minimum atomic E-state index is -3.77. The predicted molar refractivity (Wildman–Crippen MR) is 104 cm³/mol. The van der Waals surface area contributed by atoms with Gasteiger partial charge in [0.2, 0.25) is 15.9 Å². The molecule has 146 valence electrons. The fourth-order valence-corrected chi connectivity index (χ4v) is 4.88. The molecule has 1 heterocycles. The van der Waals surface area contributed by atoms with Crippen LogP contribution < -0.4 is 5.32 Å². The molecule has 2 aromatic carbocycles. The molecule has 0 bridgehead atoms. The second-order valence-electron chi connectivity index (χ2n) is 6.63. The molecule has 0 radical (unpaired) electrons. The van der Waals surface area contributed by atoms with Gasteiger partial charge in [-0.1, -0.05) is 24.3 Å². The Balaban J connectivity index is 1.65. The van der Waals surface area contributed by atoms with Crippen molar-refractivity contribution in [2.45, 2.75) is 24.3 Å². The van der Waals surface area contributed by atoms with E-state index in [-0.39, 0.29) is 42.0 Å². The Morgan fingerprint density at radius 2 is 1.89 bits per heavy atom. The summed E-state index contributed by atoms with van der Waals surface area (Å²) in [6.45, 7) is 0.331. The number of piperidine rings is 1. The number of nitrogens with one attached hydrogen (secondary N) is 1. The van der Waals surface area contributed by atoms with Gasteiger partial charge in [-0.2, -0.15) is 9.57 Å². The third-order valence-electron chi connectivity index (χ3n) is 4.83. The van der Waals surface area contributed by atoms with E-state index in [9.17, 15) is 23.6 Å². The normalized spacial score (nSPS) is 15.7. The molecule has 8 heteroatoms. The number of hydrogen-bond donors (Lipinski definition) is 2. The van der Waals surface area contributed by atoms with E-state index < -0.39 is 10.0 Å². The van der Waals surface area contributed by atoms with Crippen LogP contribution in [0.3, 0.4) is 0 Å². The van der Waals surface area contributed by atoms with E-state index in [0.717, 1.165) is 0 Å². The average molecular weight is 399 g/mol. The van der Waals surface area contributed by atoms with Crippen LogP contribution in [0.15, 0.2) is 53.4 Å². The van der Waals surface area contributed by atoms with E-state index in [0.29, 0.717) is 24.1 Å². The Hall–Kier alpha value is -2.73. The summed E-state index contributed by atoms with van der Waals surface area (Å²) in [6.07, 6.45) is 0.805. The maximum absolute atomic E-state index is 12.9. The molecular weight excluding hydrogens is 378 g/mol. The number of sulfonamides is 1. The van der Waals surface area contributed by atoms with Gasteiger partial charge in [-0.05, 0) is 42.7 Å². The molecule has 0 saturated carbocycles. The summed E-state index contributed by atoms with van der Waals surface area (Å²) < 4.78 is 27.0. The molecule has 0 aliphatic carbocycles. The Kier molecular flexibility index (Phi) is 6.09. The zero-order valence-corrected chi connectivity index (χ0v) is 16.0. The largest absolute Gasteiger partial charge is 0.392 e. The highest BCUT2D eigenvalue weighted by atomic mass is 32.2. The summed E-state index contributed by atoms with van der Waals surface area (Å²) in [7, 11) is -3.77. The van der Waals surface area contributed by atoms with Crippen LogP contribution in [0, 0.1) is 17.2 Å². The van der Waals surface area contributed by atoms with Crippen LogP contribution in [0.25, 0.3) is 0 Å². The lowest BCUT2D eigenvalue weighted by Crippen LogP contribution is -2.41. The lowest BCUT2D eigenvalue weighted by Gasteiger charge is -2.30. The highest BCUT2D eigenvalue weighted by Crippen LogP contribution is 2.26.